The van der Waals surface area contributed by atoms with Gasteiger partial charge < -0.3 is 10.2 Å². The van der Waals surface area contributed by atoms with Crippen molar-refractivity contribution in [3.63, 3.8) is 0 Å². The van der Waals surface area contributed by atoms with E-state index in [0.29, 0.717) is 13.1 Å². The summed E-state index contributed by atoms with van der Waals surface area (Å²) in [5, 5.41) is 2.82. The lowest BCUT2D eigenvalue weighted by Crippen LogP contribution is -2.34. The van der Waals surface area contributed by atoms with Crippen LogP contribution in [0, 0.1) is 6.92 Å². The van der Waals surface area contributed by atoms with E-state index in [1.54, 1.807) is 4.90 Å². The predicted molar refractivity (Wildman–Crippen MR) is 90.1 cm³/mol. The average Bonchev–Trinajstić information content (AvgIpc) is 2.97. The Hall–Kier alpha value is -2.62. The molecule has 1 heterocycles. The third-order valence-corrected chi connectivity index (χ3v) is 4.07. The molecule has 0 unspecified atom stereocenters. The van der Waals surface area contributed by atoms with Gasteiger partial charge in [-0.05, 0) is 30.5 Å². The summed E-state index contributed by atoms with van der Waals surface area (Å²) in [7, 11) is 0. The molecule has 0 bridgehead atoms. The number of aryl methyl sites for hydroxylation is 1. The molecule has 0 saturated heterocycles. The first-order valence-electron chi connectivity index (χ1n) is 7.84. The summed E-state index contributed by atoms with van der Waals surface area (Å²) in [6, 6.07) is 15.8. The van der Waals surface area contributed by atoms with E-state index in [0.717, 1.165) is 23.2 Å². The van der Waals surface area contributed by atoms with E-state index in [1.807, 2.05) is 55.5 Å². The van der Waals surface area contributed by atoms with Crippen LogP contribution in [0.2, 0.25) is 0 Å². The van der Waals surface area contributed by atoms with Crippen LogP contribution in [-0.4, -0.2) is 18.4 Å². The van der Waals surface area contributed by atoms with Crippen LogP contribution in [-0.2, 0) is 22.6 Å². The Balaban J connectivity index is 1.55. The molecule has 0 aliphatic carbocycles. The Labute approximate surface area is 136 Å². The second kappa shape index (κ2) is 6.65. The van der Waals surface area contributed by atoms with Gasteiger partial charge in [0.1, 0.15) is 6.42 Å². The lowest BCUT2D eigenvalue weighted by atomic mass is 10.1. The largest absolute Gasteiger partial charge is 0.352 e. The number of benzene rings is 2. The maximum Gasteiger partial charge on any atom is 0.236 e. The molecule has 4 heteroatoms. The van der Waals surface area contributed by atoms with Crippen molar-refractivity contribution in [2.45, 2.75) is 26.3 Å². The molecule has 2 amide bonds. The fraction of sp³-hybridized carbons (Fsp3) is 0.263. The number of nitrogens with zero attached hydrogens (tertiary/aromatic N) is 1. The highest BCUT2D eigenvalue weighted by Gasteiger charge is 2.25. The second-order valence-electron chi connectivity index (χ2n) is 5.87. The van der Waals surface area contributed by atoms with Gasteiger partial charge in [0, 0.05) is 18.8 Å². The minimum Gasteiger partial charge on any atom is -0.352 e. The van der Waals surface area contributed by atoms with E-state index in [4.69, 9.17) is 0 Å². The van der Waals surface area contributed by atoms with Crippen molar-refractivity contribution >= 4 is 17.5 Å². The van der Waals surface area contributed by atoms with Crippen LogP contribution in [0.1, 0.15) is 23.1 Å². The Bertz CT molecular complexity index is 740. The number of amides is 2. The molecule has 23 heavy (non-hydrogen) atoms. The number of rotatable bonds is 4. The molecule has 1 aliphatic rings. The van der Waals surface area contributed by atoms with Crippen LogP contribution >= 0.6 is 0 Å². The first-order valence-corrected chi connectivity index (χ1v) is 7.84. The summed E-state index contributed by atoms with van der Waals surface area (Å²) in [5.41, 5.74) is 4.30. The van der Waals surface area contributed by atoms with Crippen LogP contribution in [0.15, 0.2) is 48.5 Å². The number of carbonyl (C=O) groups is 2. The second-order valence-corrected chi connectivity index (χ2v) is 5.87. The Morgan fingerprint density at radius 2 is 1.96 bits per heavy atom. The van der Waals surface area contributed by atoms with Gasteiger partial charge in [0.2, 0.25) is 11.8 Å². The molecule has 1 aliphatic heterocycles. The molecular weight excluding hydrogens is 288 g/mol. The summed E-state index contributed by atoms with van der Waals surface area (Å²) < 4.78 is 0. The number of nitrogens with one attached hydrogen (secondary N) is 1. The van der Waals surface area contributed by atoms with Crippen molar-refractivity contribution in [2.75, 3.05) is 11.4 Å². The molecule has 4 nitrogen and oxygen atoms in total. The SMILES string of the molecule is Cc1cccc(CNC(=O)CC(=O)N2CCc3ccccc32)c1. The fourth-order valence-corrected chi connectivity index (χ4v) is 2.92. The number of hydrogen-bond acceptors (Lipinski definition) is 2. The summed E-state index contributed by atoms with van der Waals surface area (Å²) >= 11 is 0. The zero-order valence-corrected chi connectivity index (χ0v) is 13.2. The molecule has 0 radical (unpaired) electrons. The number of hydrogen-bond donors (Lipinski definition) is 1. The third kappa shape index (κ3) is 3.59. The molecule has 0 spiro atoms. The quantitative estimate of drug-likeness (QED) is 0.883. The average molecular weight is 308 g/mol. The monoisotopic (exact) mass is 308 g/mol. The lowest BCUT2D eigenvalue weighted by molar-refractivity contribution is -0.128. The molecule has 0 atom stereocenters. The summed E-state index contributed by atoms with van der Waals surface area (Å²) in [4.78, 5) is 26.1. The van der Waals surface area contributed by atoms with Crippen LogP contribution < -0.4 is 10.2 Å². The number of carbonyl (C=O) groups excluding carboxylic acids is 2. The fourth-order valence-electron chi connectivity index (χ4n) is 2.92. The Morgan fingerprint density at radius 3 is 2.78 bits per heavy atom. The minimum absolute atomic E-state index is 0.111. The summed E-state index contributed by atoms with van der Waals surface area (Å²) in [6.45, 7) is 3.12. The van der Waals surface area contributed by atoms with Crippen molar-refractivity contribution in [2.24, 2.45) is 0 Å². The van der Waals surface area contributed by atoms with E-state index in [1.165, 1.54) is 5.56 Å². The molecule has 0 fully saturated rings. The van der Waals surface area contributed by atoms with Gasteiger partial charge in [0.25, 0.3) is 0 Å². The molecule has 0 aromatic heterocycles. The lowest BCUT2D eigenvalue weighted by Gasteiger charge is -2.17. The van der Waals surface area contributed by atoms with E-state index in [2.05, 4.69) is 5.32 Å². The Morgan fingerprint density at radius 1 is 1.13 bits per heavy atom. The van der Waals surface area contributed by atoms with Gasteiger partial charge in [-0.1, -0.05) is 48.0 Å². The normalized spacial score (nSPS) is 12.8. The molecule has 2 aromatic rings. The van der Waals surface area contributed by atoms with Gasteiger partial charge in [-0.2, -0.15) is 0 Å². The number of anilines is 1. The maximum absolute atomic E-state index is 12.3. The predicted octanol–water partition coefficient (Wildman–Crippen LogP) is 2.59. The zero-order chi connectivity index (χ0) is 16.2. The van der Waals surface area contributed by atoms with Gasteiger partial charge in [-0.25, -0.2) is 0 Å². The summed E-state index contributed by atoms with van der Waals surface area (Å²) in [6.07, 6.45) is 0.743. The molecule has 3 rings (SSSR count). The maximum atomic E-state index is 12.3. The number of fused-ring (bicyclic) bond motifs is 1. The zero-order valence-electron chi connectivity index (χ0n) is 13.2. The van der Waals surface area contributed by atoms with Gasteiger partial charge in [0.15, 0.2) is 0 Å². The summed E-state index contributed by atoms with van der Waals surface area (Å²) in [5.74, 6) is -0.377. The van der Waals surface area contributed by atoms with Crippen LogP contribution in [0.4, 0.5) is 5.69 Å². The van der Waals surface area contributed by atoms with Crippen LogP contribution in [0.3, 0.4) is 0 Å². The van der Waals surface area contributed by atoms with Gasteiger partial charge >= 0.3 is 0 Å². The van der Waals surface area contributed by atoms with Crippen LogP contribution in [0.5, 0.6) is 0 Å². The van der Waals surface area contributed by atoms with Crippen molar-refractivity contribution in [3.05, 3.63) is 65.2 Å². The Kier molecular flexibility index (Phi) is 4.42. The van der Waals surface area contributed by atoms with Gasteiger partial charge in [-0.3, -0.25) is 9.59 Å². The van der Waals surface area contributed by atoms with E-state index in [-0.39, 0.29) is 18.2 Å². The smallest absolute Gasteiger partial charge is 0.236 e. The third-order valence-electron chi connectivity index (χ3n) is 4.07. The minimum atomic E-state index is -0.235. The van der Waals surface area contributed by atoms with E-state index < -0.39 is 0 Å². The first kappa shape index (κ1) is 15.3. The highest BCUT2D eigenvalue weighted by Crippen LogP contribution is 2.27. The van der Waals surface area contributed by atoms with Crippen molar-refractivity contribution < 1.29 is 9.59 Å². The molecule has 0 saturated carbocycles. The van der Waals surface area contributed by atoms with Crippen LogP contribution in [0.25, 0.3) is 0 Å². The van der Waals surface area contributed by atoms with Gasteiger partial charge in [0.05, 0.1) is 0 Å². The van der Waals surface area contributed by atoms with Gasteiger partial charge in [-0.15, -0.1) is 0 Å². The topological polar surface area (TPSA) is 49.4 Å². The van der Waals surface area contributed by atoms with Crippen molar-refractivity contribution in [1.82, 2.24) is 5.32 Å². The highest BCUT2D eigenvalue weighted by atomic mass is 16.2. The van der Waals surface area contributed by atoms with Crippen molar-refractivity contribution in [3.8, 4) is 0 Å². The first-order chi connectivity index (χ1) is 11.1. The molecule has 2 aromatic carbocycles. The highest BCUT2D eigenvalue weighted by molar-refractivity contribution is 6.05. The standard InChI is InChI=1S/C19H20N2O2/c1-14-5-4-6-15(11-14)13-20-18(22)12-19(23)21-10-9-16-7-2-3-8-17(16)21/h2-8,11H,9-10,12-13H2,1H3,(H,20,22). The van der Waals surface area contributed by atoms with Crippen molar-refractivity contribution in [1.29, 1.82) is 0 Å². The molecule has 1 N–H and O–H groups in total. The van der Waals surface area contributed by atoms with E-state index in [9.17, 15) is 9.59 Å². The molecular formula is C19H20N2O2. The molecule has 118 valence electrons. The number of para-hydroxylation sites is 1. The van der Waals surface area contributed by atoms with E-state index >= 15 is 0 Å².